The summed E-state index contributed by atoms with van der Waals surface area (Å²) in [5.74, 6) is 0.513. The SMILES string of the molecule is Cc1ccc(S(=O)(=O)NCc2nnc(-c3ccccc3)o2)cc1Cl. The van der Waals surface area contributed by atoms with Crippen LogP contribution in [-0.4, -0.2) is 18.6 Å². The molecule has 0 saturated carbocycles. The van der Waals surface area contributed by atoms with E-state index in [1.165, 1.54) is 12.1 Å². The second kappa shape index (κ2) is 6.72. The van der Waals surface area contributed by atoms with Gasteiger partial charge in [-0.3, -0.25) is 0 Å². The van der Waals surface area contributed by atoms with E-state index >= 15 is 0 Å². The summed E-state index contributed by atoms with van der Waals surface area (Å²) in [5, 5.41) is 8.16. The van der Waals surface area contributed by atoms with E-state index in [4.69, 9.17) is 16.0 Å². The number of halogens is 1. The number of aryl methyl sites for hydroxylation is 1. The minimum atomic E-state index is -3.72. The molecule has 0 aliphatic rings. The van der Waals surface area contributed by atoms with E-state index in [0.717, 1.165) is 11.1 Å². The molecule has 0 spiro atoms. The topological polar surface area (TPSA) is 85.1 Å². The van der Waals surface area contributed by atoms with Crippen LogP contribution in [-0.2, 0) is 16.6 Å². The number of rotatable bonds is 5. The van der Waals surface area contributed by atoms with Gasteiger partial charge in [0.15, 0.2) is 0 Å². The lowest BCUT2D eigenvalue weighted by atomic mass is 10.2. The van der Waals surface area contributed by atoms with Crippen LogP contribution in [0.5, 0.6) is 0 Å². The maximum absolute atomic E-state index is 12.3. The Bertz CT molecular complexity index is 956. The van der Waals surface area contributed by atoms with Gasteiger partial charge in [0.2, 0.25) is 21.8 Å². The predicted octanol–water partition coefficient (Wildman–Crippen LogP) is 3.18. The lowest BCUT2D eigenvalue weighted by molar-refractivity contribution is 0.494. The van der Waals surface area contributed by atoms with Crippen molar-refractivity contribution in [1.82, 2.24) is 14.9 Å². The molecule has 0 saturated heterocycles. The number of nitrogens with one attached hydrogen (secondary N) is 1. The van der Waals surface area contributed by atoms with Gasteiger partial charge in [0, 0.05) is 10.6 Å². The van der Waals surface area contributed by atoms with Crippen molar-refractivity contribution in [3.8, 4) is 11.5 Å². The highest BCUT2D eigenvalue weighted by atomic mass is 35.5. The first kappa shape index (κ1) is 16.6. The lowest BCUT2D eigenvalue weighted by Crippen LogP contribution is -2.23. The smallest absolute Gasteiger partial charge is 0.247 e. The van der Waals surface area contributed by atoms with Crippen LogP contribution in [0.3, 0.4) is 0 Å². The molecule has 0 amide bonds. The van der Waals surface area contributed by atoms with Crippen molar-refractivity contribution in [2.75, 3.05) is 0 Å². The molecule has 0 aliphatic heterocycles. The van der Waals surface area contributed by atoms with Gasteiger partial charge in [-0.25, -0.2) is 13.1 Å². The largest absolute Gasteiger partial charge is 0.419 e. The summed E-state index contributed by atoms with van der Waals surface area (Å²) in [6, 6.07) is 13.8. The molecular weight excluding hydrogens is 350 g/mol. The van der Waals surface area contributed by atoms with Gasteiger partial charge in [0.1, 0.15) is 0 Å². The first-order chi connectivity index (χ1) is 11.5. The summed E-state index contributed by atoms with van der Waals surface area (Å²) in [6.07, 6.45) is 0. The van der Waals surface area contributed by atoms with E-state index in [0.29, 0.717) is 10.9 Å². The van der Waals surface area contributed by atoms with E-state index in [1.54, 1.807) is 13.0 Å². The number of sulfonamides is 1. The molecule has 0 radical (unpaired) electrons. The zero-order valence-electron chi connectivity index (χ0n) is 12.7. The summed E-state index contributed by atoms with van der Waals surface area (Å²) >= 11 is 5.98. The monoisotopic (exact) mass is 363 g/mol. The summed E-state index contributed by atoms with van der Waals surface area (Å²) < 4.78 is 32.5. The maximum atomic E-state index is 12.3. The first-order valence-corrected chi connectivity index (χ1v) is 8.95. The second-order valence-corrected chi connectivity index (χ2v) is 7.28. The van der Waals surface area contributed by atoms with Gasteiger partial charge in [-0.2, -0.15) is 0 Å². The fourth-order valence-electron chi connectivity index (χ4n) is 2.00. The fourth-order valence-corrected chi connectivity index (χ4v) is 3.25. The van der Waals surface area contributed by atoms with Crippen LogP contribution in [0.15, 0.2) is 57.8 Å². The molecule has 0 aliphatic carbocycles. The number of hydrogen-bond donors (Lipinski definition) is 1. The van der Waals surface area contributed by atoms with Crippen molar-refractivity contribution in [2.24, 2.45) is 0 Å². The van der Waals surface area contributed by atoms with Crippen molar-refractivity contribution < 1.29 is 12.8 Å². The van der Waals surface area contributed by atoms with Crippen molar-refractivity contribution in [2.45, 2.75) is 18.4 Å². The number of aromatic nitrogens is 2. The zero-order valence-corrected chi connectivity index (χ0v) is 14.3. The average molecular weight is 364 g/mol. The van der Waals surface area contributed by atoms with E-state index in [2.05, 4.69) is 14.9 Å². The quantitative estimate of drug-likeness (QED) is 0.752. The second-order valence-electron chi connectivity index (χ2n) is 5.10. The highest BCUT2D eigenvalue weighted by Gasteiger charge is 2.17. The fraction of sp³-hybridized carbons (Fsp3) is 0.125. The molecule has 0 atom stereocenters. The molecule has 1 aromatic heterocycles. The van der Waals surface area contributed by atoms with E-state index < -0.39 is 10.0 Å². The number of nitrogens with zero attached hydrogens (tertiary/aromatic N) is 2. The van der Waals surface area contributed by atoms with Crippen molar-refractivity contribution >= 4 is 21.6 Å². The molecular formula is C16H14ClN3O3S. The molecule has 6 nitrogen and oxygen atoms in total. The van der Waals surface area contributed by atoms with Crippen LogP contribution in [0.1, 0.15) is 11.5 Å². The van der Waals surface area contributed by atoms with Crippen LogP contribution < -0.4 is 4.72 Å². The van der Waals surface area contributed by atoms with Crippen molar-refractivity contribution in [3.05, 3.63) is 65.0 Å². The Hall–Kier alpha value is -2.22. The van der Waals surface area contributed by atoms with Gasteiger partial charge in [-0.05, 0) is 36.8 Å². The summed E-state index contributed by atoms with van der Waals surface area (Å²) in [5.41, 5.74) is 1.57. The number of hydrogen-bond acceptors (Lipinski definition) is 5. The first-order valence-electron chi connectivity index (χ1n) is 7.09. The summed E-state index contributed by atoms with van der Waals surface area (Å²) in [4.78, 5) is 0.0842. The minimum Gasteiger partial charge on any atom is -0.419 e. The molecule has 0 bridgehead atoms. The molecule has 24 heavy (non-hydrogen) atoms. The van der Waals surface area contributed by atoms with Gasteiger partial charge in [-0.1, -0.05) is 35.9 Å². The normalized spacial score (nSPS) is 11.6. The molecule has 2 aromatic carbocycles. The summed E-state index contributed by atoms with van der Waals surface area (Å²) in [7, 11) is -3.72. The van der Waals surface area contributed by atoms with E-state index in [1.807, 2.05) is 30.3 Å². The Morgan fingerprint density at radius 3 is 2.58 bits per heavy atom. The highest BCUT2D eigenvalue weighted by molar-refractivity contribution is 7.89. The molecule has 3 aromatic rings. The molecule has 1 N–H and O–H groups in total. The molecule has 3 rings (SSSR count). The Morgan fingerprint density at radius 1 is 1.12 bits per heavy atom. The standard InChI is InChI=1S/C16H14ClN3O3S/c1-11-7-8-13(9-14(11)17)24(21,22)18-10-15-19-20-16(23-15)12-5-3-2-4-6-12/h2-9,18H,10H2,1H3. The third-order valence-electron chi connectivity index (χ3n) is 3.35. The third kappa shape index (κ3) is 3.64. The van der Waals surface area contributed by atoms with Gasteiger partial charge >= 0.3 is 0 Å². The Labute approximate surface area is 144 Å². The third-order valence-corrected chi connectivity index (χ3v) is 5.16. The van der Waals surface area contributed by atoms with Crippen LogP contribution in [0, 0.1) is 6.92 Å². The molecule has 124 valence electrons. The molecule has 0 unspecified atom stereocenters. The van der Waals surface area contributed by atoms with Gasteiger partial charge in [0.25, 0.3) is 0 Å². The van der Waals surface area contributed by atoms with Crippen LogP contribution in [0.4, 0.5) is 0 Å². The van der Waals surface area contributed by atoms with Crippen LogP contribution >= 0.6 is 11.6 Å². The Balaban J connectivity index is 1.73. The average Bonchev–Trinajstić information content (AvgIpc) is 3.05. The molecule has 0 fully saturated rings. The van der Waals surface area contributed by atoms with Crippen LogP contribution in [0.25, 0.3) is 11.5 Å². The zero-order chi connectivity index (χ0) is 17.2. The van der Waals surface area contributed by atoms with E-state index in [9.17, 15) is 8.42 Å². The maximum Gasteiger partial charge on any atom is 0.247 e. The van der Waals surface area contributed by atoms with Gasteiger partial charge < -0.3 is 4.42 Å². The van der Waals surface area contributed by atoms with Crippen molar-refractivity contribution in [1.29, 1.82) is 0 Å². The van der Waals surface area contributed by atoms with Crippen LogP contribution in [0.2, 0.25) is 5.02 Å². The number of benzene rings is 2. The molecule has 1 heterocycles. The van der Waals surface area contributed by atoms with Gasteiger partial charge in [0.05, 0.1) is 11.4 Å². The van der Waals surface area contributed by atoms with Gasteiger partial charge in [-0.15, -0.1) is 10.2 Å². The summed E-state index contributed by atoms with van der Waals surface area (Å²) in [6.45, 7) is 1.70. The lowest BCUT2D eigenvalue weighted by Gasteiger charge is -2.06. The Kier molecular flexibility index (Phi) is 4.66. The molecule has 8 heteroatoms. The van der Waals surface area contributed by atoms with E-state index in [-0.39, 0.29) is 17.3 Å². The highest BCUT2D eigenvalue weighted by Crippen LogP contribution is 2.20. The van der Waals surface area contributed by atoms with Crippen molar-refractivity contribution in [3.63, 3.8) is 0 Å². The predicted molar refractivity (Wildman–Crippen MR) is 89.9 cm³/mol. The Morgan fingerprint density at radius 2 is 1.88 bits per heavy atom. The minimum absolute atomic E-state index is 0.0842.